The number of nitro benzene ring substituents is 1. The molecule has 8 heteroatoms. The predicted octanol–water partition coefficient (Wildman–Crippen LogP) is 2.82. The fourth-order valence-electron chi connectivity index (χ4n) is 3.46. The zero-order valence-electron chi connectivity index (χ0n) is 16.0. The van der Waals surface area contributed by atoms with Crippen molar-refractivity contribution >= 4 is 23.3 Å². The summed E-state index contributed by atoms with van der Waals surface area (Å²) in [6, 6.07) is 13.9. The van der Waals surface area contributed by atoms with Gasteiger partial charge < -0.3 is 15.4 Å². The van der Waals surface area contributed by atoms with Crippen molar-refractivity contribution in [3.63, 3.8) is 0 Å². The van der Waals surface area contributed by atoms with Crippen LogP contribution in [0.2, 0.25) is 0 Å². The van der Waals surface area contributed by atoms with Crippen molar-refractivity contribution in [2.75, 3.05) is 25.4 Å². The van der Waals surface area contributed by atoms with Crippen LogP contribution in [0.3, 0.4) is 0 Å². The minimum atomic E-state index is -0.791. The summed E-state index contributed by atoms with van der Waals surface area (Å²) in [5.74, 6) is -0.527. The molecule has 1 saturated heterocycles. The molecule has 152 valence electrons. The number of likely N-dealkylation sites (tertiary alicyclic amines) is 1. The normalized spacial score (nSPS) is 14.4. The maximum atomic E-state index is 12.3. The summed E-state index contributed by atoms with van der Waals surface area (Å²) >= 11 is 0. The molecule has 1 aliphatic rings. The van der Waals surface area contributed by atoms with Crippen LogP contribution in [-0.4, -0.2) is 41.4 Å². The number of carbonyl (C=O) groups excluding carboxylic acids is 2. The molecule has 2 aromatic rings. The summed E-state index contributed by atoms with van der Waals surface area (Å²) in [5, 5.41) is 10.9. The van der Waals surface area contributed by atoms with E-state index in [1.807, 2.05) is 18.2 Å². The third-order valence-corrected chi connectivity index (χ3v) is 5.12. The number of amides is 1. The summed E-state index contributed by atoms with van der Waals surface area (Å²) < 4.78 is 5.05. The van der Waals surface area contributed by atoms with Gasteiger partial charge in [0.25, 0.3) is 11.6 Å². The Balaban J connectivity index is 1.47. The summed E-state index contributed by atoms with van der Waals surface area (Å²) in [6.07, 6.45) is 2.80. The van der Waals surface area contributed by atoms with E-state index in [2.05, 4.69) is 12.1 Å². The Morgan fingerprint density at radius 1 is 1.14 bits per heavy atom. The number of nitrogen functional groups attached to an aromatic ring is 1. The van der Waals surface area contributed by atoms with Gasteiger partial charge in [0.05, 0.1) is 10.5 Å². The zero-order valence-corrected chi connectivity index (χ0v) is 16.0. The average Bonchev–Trinajstić information content (AvgIpc) is 2.73. The molecule has 0 unspecified atom stereocenters. The summed E-state index contributed by atoms with van der Waals surface area (Å²) in [6.45, 7) is 0.864. The summed E-state index contributed by atoms with van der Waals surface area (Å²) in [5.41, 5.74) is 6.39. The van der Waals surface area contributed by atoms with E-state index in [1.54, 1.807) is 4.90 Å². The van der Waals surface area contributed by atoms with Crippen molar-refractivity contribution in [3.05, 3.63) is 69.8 Å². The highest BCUT2D eigenvalue weighted by molar-refractivity contribution is 5.92. The Kier molecular flexibility index (Phi) is 6.43. The first-order chi connectivity index (χ1) is 13.9. The van der Waals surface area contributed by atoms with Gasteiger partial charge in [-0.3, -0.25) is 14.9 Å². The van der Waals surface area contributed by atoms with Crippen LogP contribution in [0.4, 0.5) is 11.4 Å². The first-order valence-corrected chi connectivity index (χ1v) is 9.47. The molecular weight excluding hydrogens is 374 g/mol. The summed E-state index contributed by atoms with van der Waals surface area (Å²) in [4.78, 5) is 36.4. The molecule has 0 atom stereocenters. The van der Waals surface area contributed by atoms with Crippen LogP contribution < -0.4 is 5.73 Å². The minimum Gasteiger partial charge on any atom is -0.452 e. The fraction of sp³-hybridized carbons (Fsp3) is 0.333. The first-order valence-electron chi connectivity index (χ1n) is 9.47. The number of ether oxygens (including phenoxy) is 1. The van der Waals surface area contributed by atoms with Crippen LogP contribution in [0.1, 0.15) is 28.8 Å². The lowest BCUT2D eigenvalue weighted by Gasteiger charge is -2.32. The zero-order chi connectivity index (χ0) is 20.8. The number of benzene rings is 2. The molecule has 1 heterocycles. The highest BCUT2D eigenvalue weighted by Crippen LogP contribution is 2.23. The van der Waals surface area contributed by atoms with E-state index in [0.29, 0.717) is 19.0 Å². The monoisotopic (exact) mass is 397 g/mol. The third-order valence-electron chi connectivity index (χ3n) is 5.12. The second-order valence-electron chi connectivity index (χ2n) is 7.12. The molecule has 0 aromatic heterocycles. The Bertz CT molecular complexity index is 892. The van der Waals surface area contributed by atoms with Crippen LogP contribution in [-0.2, 0) is 16.0 Å². The van der Waals surface area contributed by atoms with Gasteiger partial charge in [-0.05, 0) is 42.9 Å². The van der Waals surface area contributed by atoms with Gasteiger partial charge in [-0.15, -0.1) is 0 Å². The topological polar surface area (TPSA) is 116 Å². The van der Waals surface area contributed by atoms with Crippen LogP contribution in [0.15, 0.2) is 48.5 Å². The molecule has 3 rings (SSSR count). The van der Waals surface area contributed by atoms with E-state index in [-0.39, 0.29) is 29.5 Å². The largest absolute Gasteiger partial charge is 0.452 e. The molecule has 1 amide bonds. The molecule has 1 fully saturated rings. The molecule has 1 aliphatic heterocycles. The smallest absolute Gasteiger partial charge is 0.338 e. The van der Waals surface area contributed by atoms with E-state index in [4.69, 9.17) is 10.5 Å². The lowest BCUT2D eigenvalue weighted by atomic mass is 9.90. The molecule has 0 saturated carbocycles. The standard InChI is InChI=1S/C21H23N3O5/c22-18-7-6-17(13-19(18)24(27)28)21(26)29-14-20(25)23-10-8-16(9-11-23)12-15-4-2-1-3-5-15/h1-7,13,16H,8-12,14,22H2. The third kappa shape index (κ3) is 5.31. The highest BCUT2D eigenvalue weighted by atomic mass is 16.6. The maximum Gasteiger partial charge on any atom is 0.338 e. The Hall–Kier alpha value is -3.42. The first kappa shape index (κ1) is 20.3. The number of carbonyl (C=O) groups is 2. The number of nitro groups is 1. The maximum absolute atomic E-state index is 12.3. The van der Waals surface area contributed by atoms with Crippen LogP contribution in [0.5, 0.6) is 0 Å². The number of anilines is 1. The van der Waals surface area contributed by atoms with E-state index < -0.39 is 10.9 Å². The minimum absolute atomic E-state index is 0.0136. The van der Waals surface area contributed by atoms with Crippen molar-refractivity contribution in [2.24, 2.45) is 5.92 Å². The number of hydrogen-bond donors (Lipinski definition) is 1. The van der Waals surface area contributed by atoms with Gasteiger partial charge in [-0.1, -0.05) is 30.3 Å². The Morgan fingerprint density at radius 2 is 1.83 bits per heavy atom. The van der Waals surface area contributed by atoms with E-state index in [1.165, 1.54) is 17.7 Å². The number of nitrogens with zero attached hydrogens (tertiary/aromatic N) is 2. The quantitative estimate of drug-likeness (QED) is 0.347. The number of nitrogens with two attached hydrogens (primary N) is 1. The Morgan fingerprint density at radius 3 is 2.48 bits per heavy atom. The van der Waals surface area contributed by atoms with Crippen LogP contribution in [0.25, 0.3) is 0 Å². The van der Waals surface area contributed by atoms with Gasteiger partial charge in [-0.2, -0.15) is 0 Å². The average molecular weight is 397 g/mol. The Labute approximate surface area is 168 Å². The van der Waals surface area contributed by atoms with E-state index in [0.717, 1.165) is 25.3 Å². The predicted molar refractivity (Wildman–Crippen MR) is 107 cm³/mol. The number of piperidine rings is 1. The molecule has 8 nitrogen and oxygen atoms in total. The summed E-state index contributed by atoms with van der Waals surface area (Å²) in [7, 11) is 0. The van der Waals surface area contributed by atoms with Gasteiger partial charge in [0.1, 0.15) is 5.69 Å². The van der Waals surface area contributed by atoms with Crippen molar-refractivity contribution in [3.8, 4) is 0 Å². The van der Waals surface area contributed by atoms with Gasteiger partial charge in [-0.25, -0.2) is 4.79 Å². The highest BCUT2D eigenvalue weighted by Gasteiger charge is 2.24. The molecular formula is C21H23N3O5. The lowest BCUT2D eigenvalue weighted by Crippen LogP contribution is -2.41. The van der Waals surface area contributed by atoms with Gasteiger partial charge in [0, 0.05) is 19.2 Å². The molecule has 0 bridgehead atoms. The van der Waals surface area contributed by atoms with Crippen molar-refractivity contribution in [2.45, 2.75) is 19.3 Å². The van der Waals surface area contributed by atoms with E-state index in [9.17, 15) is 19.7 Å². The van der Waals surface area contributed by atoms with Crippen molar-refractivity contribution < 1.29 is 19.2 Å². The van der Waals surface area contributed by atoms with Crippen molar-refractivity contribution in [1.82, 2.24) is 4.90 Å². The number of hydrogen-bond acceptors (Lipinski definition) is 6. The van der Waals surface area contributed by atoms with Gasteiger partial charge in [0.2, 0.25) is 0 Å². The molecule has 0 spiro atoms. The molecule has 0 radical (unpaired) electrons. The second kappa shape index (κ2) is 9.18. The molecule has 2 aromatic carbocycles. The number of rotatable bonds is 6. The SMILES string of the molecule is Nc1ccc(C(=O)OCC(=O)N2CCC(Cc3ccccc3)CC2)cc1[N+](=O)[O-]. The van der Waals surface area contributed by atoms with Crippen LogP contribution in [0, 0.1) is 16.0 Å². The lowest BCUT2D eigenvalue weighted by molar-refractivity contribution is -0.383. The molecule has 0 aliphatic carbocycles. The van der Waals surface area contributed by atoms with Crippen molar-refractivity contribution in [1.29, 1.82) is 0 Å². The van der Waals surface area contributed by atoms with Gasteiger partial charge in [0.15, 0.2) is 6.61 Å². The molecule has 29 heavy (non-hydrogen) atoms. The molecule has 2 N–H and O–H groups in total. The number of esters is 1. The van der Waals surface area contributed by atoms with Crippen LogP contribution >= 0.6 is 0 Å². The van der Waals surface area contributed by atoms with Gasteiger partial charge >= 0.3 is 5.97 Å². The van der Waals surface area contributed by atoms with E-state index >= 15 is 0 Å². The second-order valence-corrected chi connectivity index (χ2v) is 7.12. The fourth-order valence-corrected chi connectivity index (χ4v) is 3.46.